The van der Waals surface area contributed by atoms with Crippen LogP contribution in [0.4, 0.5) is 0 Å². The molecule has 3 heteroatoms. The topological polar surface area (TPSA) is 37.4 Å². The Bertz CT molecular complexity index is 200. The quantitative estimate of drug-likeness (QED) is 0.441. The lowest BCUT2D eigenvalue weighted by Gasteiger charge is -2.11. The number of hydrogen-bond donors (Lipinski definition) is 0. The molecule has 2 rings (SSSR count). The minimum Gasteiger partial charge on any atom is -0.333 e. The summed E-state index contributed by atoms with van der Waals surface area (Å²) in [5, 5.41) is 0. The normalized spacial score (nSPS) is 31.6. The molecule has 0 N–H and O–H groups in total. The Kier molecular flexibility index (Phi) is 1.07. The van der Waals surface area contributed by atoms with Gasteiger partial charge >= 0.3 is 0 Å². The van der Waals surface area contributed by atoms with Crippen molar-refractivity contribution in [1.29, 1.82) is 0 Å². The van der Waals surface area contributed by atoms with Crippen LogP contribution >= 0.6 is 0 Å². The fraction of sp³-hybridized carbons (Fsp3) is 0.714. The molecular formula is C7H9NO2. The van der Waals surface area contributed by atoms with E-state index in [0.29, 0.717) is 6.42 Å². The number of carbonyl (C=O) groups excluding carboxylic acids is 2. The highest BCUT2D eigenvalue weighted by molar-refractivity contribution is 6.38. The predicted octanol–water partition coefficient (Wildman–Crippen LogP) is -0.0498. The Hall–Kier alpha value is -0.860. The number of ketones is 1. The van der Waals surface area contributed by atoms with Gasteiger partial charge in [0.05, 0.1) is 0 Å². The van der Waals surface area contributed by atoms with E-state index in [1.54, 1.807) is 4.90 Å². The van der Waals surface area contributed by atoms with Gasteiger partial charge in [-0.2, -0.15) is 0 Å². The first-order valence-corrected chi connectivity index (χ1v) is 3.63. The van der Waals surface area contributed by atoms with Crippen molar-refractivity contribution in [3.8, 4) is 0 Å². The zero-order chi connectivity index (χ0) is 7.14. The summed E-state index contributed by atoms with van der Waals surface area (Å²) in [7, 11) is 0. The van der Waals surface area contributed by atoms with Gasteiger partial charge in [0.1, 0.15) is 0 Å². The number of Topliss-reactive ketones (excluding diaryl/α,β-unsaturated/α-hetero) is 1. The Morgan fingerprint density at radius 1 is 1.40 bits per heavy atom. The molecule has 10 heavy (non-hydrogen) atoms. The van der Waals surface area contributed by atoms with Crippen molar-refractivity contribution in [2.45, 2.75) is 25.3 Å². The Balaban J connectivity index is 2.24. The highest BCUT2D eigenvalue weighted by atomic mass is 16.2. The molecule has 0 aromatic heterocycles. The Morgan fingerprint density at radius 2 is 2.20 bits per heavy atom. The molecular weight excluding hydrogens is 130 g/mol. The lowest BCUT2D eigenvalue weighted by Crippen LogP contribution is -2.28. The molecule has 0 saturated carbocycles. The standard InChI is InChI=1S/C7H9NO2/c9-6-4-5-2-1-3-8(5)7(6)10/h5H,1-4H2/t5-/m1/s1. The molecule has 0 aromatic rings. The number of carbonyl (C=O) groups is 2. The van der Waals surface area contributed by atoms with Crippen molar-refractivity contribution in [3.63, 3.8) is 0 Å². The number of nitrogens with zero attached hydrogens (tertiary/aromatic N) is 1. The smallest absolute Gasteiger partial charge is 0.290 e. The second-order valence-electron chi connectivity index (χ2n) is 2.92. The molecule has 2 aliphatic rings. The first-order valence-electron chi connectivity index (χ1n) is 3.63. The van der Waals surface area contributed by atoms with Crippen LogP contribution in [0.5, 0.6) is 0 Å². The van der Waals surface area contributed by atoms with Gasteiger partial charge < -0.3 is 4.90 Å². The zero-order valence-electron chi connectivity index (χ0n) is 5.67. The Morgan fingerprint density at radius 3 is 2.90 bits per heavy atom. The molecule has 2 heterocycles. The van der Waals surface area contributed by atoms with Crippen LogP contribution in [-0.2, 0) is 9.59 Å². The highest BCUT2D eigenvalue weighted by Gasteiger charge is 2.40. The number of rotatable bonds is 0. The van der Waals surface area contributed by atoms with E-state index in [2.05, 4.69) is 0 Å². The molecule has 2 aliphatic heterocycles. The molecule has 2 saturated heterocycles. The minimum absolute atomic E-state index is 0.190. The largest absolute Gasteiger partial charge is 0.333 e. The van der Waals surface area contributed by atoms with Crippen molar-refractivity contribution in [3.05, 3.63) is 0 Å². The number of hydrogen-bond acceptors (Lipinski definition) is 2. The van der Waals surface area contributed by atoms with Crippen LogP contribution in [0.1, 0.15) is 19.3 Å². The summed E-state index contributed by atoms with van der Waals surface area (Å²) < 4.78 is 0. The molecule has 2 fully saturated rings. The summed E-state index contributed by atoms with van der Waals surface area (Å²) in [6, 6.07) is 0.264. The molecule has 3 nitrogen and oxygen atoms in total. The first-order chi connectivity index (χ1) is 4.79. The van der Waals surface area contributed by atoms with E-state index in [4.69, 9.17) is 0 Å². The van der Waals surface area contributed by atoms with Crippen LogP contribution in [0.2, 0.25) is 0 Å². The van der Waals surface area contributed by atoms with E-state index in [1.165, 1.54) is 0 Å². The van der Waals surface area contributed by atoms with Gasteiger partial charge in [-0.1, -0.05) is 0 Å². The van der Waals surface area contributed by atoms with Crippen LogP contribution in [-0.4, -0.2) is 29.2 Å². The Labute approximate surface area is 59.0 Å². The zero-order valence-corrected chi connectivity index (χ0v) is 5.67. The maximum Gasteiger partial charge on any atom is 0.290 e. The summed E-state index contributed by atoms with van der Waals surface area (Å²) in [6.07, 6.45) is 2.57. The third kappa shape index (κ3) is 0.602. The van der Waals surface area contributed by atoms with E-state index in [9.17, 15) is 9.59 Å². The van der Waals surface area contributed by atoms with E-state index in [-0.39, 0.29) is 17.7 Å². The molecule has 1 atom stereocenters. The lowest BCUT2D eigenvalue weighted by atomic mass is 10.1. The summed E-state index contributed by atoms with van der Waals surface area (Å²) >= 11 is 0. The van der Waals surface area contributed by atoms with Gasteiger partial charge in [-0.3, -0.25) is 9.59 Å². The fourth-order valence-electron chi connectivity index (χ4n) is 1.78. The van der Waals surface area contributed by atoms with Gasteiger partial charge in [-0.25, -0.2) is 0 Å². The van der Waals surface area contributed by atoms with Crippen LogP contribution in [0.15, 0.2) is 0 Å². The van der Waals surface area contributed by atoms with E-state index >= 15 is 0 Å². The average Bonchev–Trinajstić information content (AvgIpc) is 2.41. The van der Waals surface area contributed by atoms with Gasteiger partial charge in [-0.05, 0) is 12.8 Å². The SMILES string of the molecule is O=C1C[C@H]2CCCN2C1=O. The first kappa shape index (κ1) is 5.89. The fourth-order valence-corrected chi connectivity index (χ4v) is 1.78. The maximum absolute atomic E-state index is 11.0. The van der Waals surface area contributed by atoms with Crippen LogP contribution in [0.3, 0.4) is 0 Å². The highest BCUT2D eigenvalue weighted by Crippen LogP contribution is 2.25. The van der Waals surface area contributed by atoms with Crippen LogP contribution < -0.4 is 0 Å². The summed E-state index contributed by atoms with van der Waals surface area (Å²) in [5.41, 5.74) is 0. The number of amides is 1. The van der Waals surface area contributed by atoms with Gasteiger partial charge in [0.25, 0.3) is 5.91 Å². The molecule has 0 bridgehead atoms. The van der Waals surface area contributed by atoms with Crippen LogP contribution in [0.25, 0.3) is 0 Å². The van der Waals surface area contributed by atoms with Crippen molar-refractivity contribution >= 4 is 11.7 Å². The lowest BCUT2D eigenvalue weighted by molar-refractivity contribution is -0.139. The third-order valence-corrected chi connectivity index (χ3v) is 2.30. The van der Waals surface area contributed by atoms with E-state index in [1.807, 2.05) is 0 Å². The van der Waals surface area contributed by atoms with E-state index in [0.717, 1.165) is 19.4 Å². The van der Waals surface area contributed by atoms with Crippen molar-refractivity contribution in [2.75, 3.05) is 6.54 Å². The summed E-state index contributed by atoms with van der Waals surface area (Å²) in [5.74, 6) is -0.438. The van der Waals surface area contributed by atoms with Crippen molar-refractivity contribution < 1.29 is 9.59 Å². The third-order valence-electron chi connectivity index (χ3n) is 2.30. The molecule has 0 radical (unpaired) electrons. The van der Waals surface area contributed by atoms with Gasteiger partial charge in [0.15, 0.2) is 0 Å². The number of fused-ring (bicyclic) bond motifs is 1. The molecule has 1 amide bonds. The van der Waals surface area contributed by atoms with Crippen molar-refractivity contribution in [2.24, 2.45) is 0 Å². The monoisotopic (exact) mass is 139 g/mol. The second-order valence-corrected chi connectivity index (χ2v) is 2.92. The predicted molar refractivity (Wildman–Crippen MR) is 34.4 cm³/mol. The molecule has 54 valence electrons. The molecule has 0 aromatic carbocycles. The van der Waals surface area contributed by atoms with Gasteiger partial charge in [-0.15, -0.1) is 0 Å². The average molecular weight is 139 g/mol. The second kappa shape index (κ2) is 1.81. The molecule has 0 spiro atoms. The van der Waals surface area contributed by atoms with Gasteiger partial charge in [0, 0.05) is 19.0 Å². The van der Waals surface area contributed by atoms with Crippen LogP contribution in [0, 0.1) is 0 Å². The van der Waals surface area contributed by atoms with Crippen molar-refractivity contribution in [1.82, 2.24) is 4.90 Å². The van der Waals surface area contributed by atoms with Gasteiger partial charge in [0.2, 0.25) is 5.78 Å². The summed E-state index contributed by atoms with van der Waals surface area (Å²) in [4.78, 5) is 23.5. The molecule has 0 unspecified atom stereocenters. The molecule has 0 aliphatic carbocycles. The maximum atomic E-state index is 11.0. The van der Waals surface area contributed by atoms with E-state index < -0.39 is 0 Å². The minimum atomic E-state index is -0.248. The summed E-state index contributed by atoms with van der Waals surface area (Å²) in [6.45, 7) is 0.801.